The number of carboxylic acid groups (broad SMARTS) is 1. The van der Waals surface area contributed by atoms with Crippen LogP contribution in [0.4, 0.5) is 0 Å². The van der Waals surface area contributed by atoms with Crippen molar-refractivity contribution in [3.05, 3.63) is 35.1 Å². The van der Waals surface area contributed by atoms with Crippen molar-refractivity contribution >= 4 is 23.9 Å². The molecule has 1 aromatic rings. The molecule has 0 saturated carbocycles. The highest BCUT2D eigenvalue weighted by Crippen LogP contribution is 2.38. The number of fused-ring (bicyclic) bond motifs is 2. The third-order valence-corrected chi connectivity index (χ3v) is 4.44. The second-order valence-electron chi connectivity index (χ2n) is 5.88. The normalized spacial score (nSPS) is 24.5. The van der Waals surface area contributed by atoms with Crippen molar-refractivity contribution in [3.63, 3.8) is 0 Å². The van der Waals surface area contributed by atoms with Crippen LogP contribution < -0.4 is 0 Å². The summed E-state index contributed by atoms with van der Waals surface area (Å²) in [6.45, 7) is 0.687. The zero-order valence-electron chi connectivity index (χ0n) is 12.4. The molecular formula is C15H14N4O4. The first-order chi connectivity index (χ1) is 11.0. The Kier molecular flexibility index (Phi) is 2.72. The highest BCUT2D eigenvalue weighted by atomic mass is 16.4. The molecule has 4 rings (SSSR count). The van der Waals surface area contributed by atoms with Crippen LogP contribution in [-0.2, 0) is 27.5 Å². The van der Waals surface area contributed by atoms with Crippen LogP contribution in [0.15, 0.2) is 23.5 Å². The first-order valence-corrected chi connectivity index (χ1v) is 7.24. The van der Waals surface area contributed by atoms with Crippen LogP contribution in [0, 0.1) is 0 Å². The molecule has 0 spiro atoms. The second kappa shape index (κ2) is 4.55. The fraction of sp³-hybridized carbons (Fsp3) is 0.333. The van der Waals surface area contributed by atoms with E-state index in [0.717, 1.165) is 5.82 Å². The molecule has 0 bridgehead atoms. The number of likely N-dealkylation sites (N-methyl/N-ethyl adjacent to an activating group) is 1. The van der Waals surface area contributed by atoms with Gasteiger partial charge in [0, 0.05) is 18.8 Å². The fourth-order valence-electron chi connectivity index (χ4n) is 3.21. The lowest BCUT2D eigenvalue weighted by molar-refractivity contribution is -0.142. The monoisotopic (exact) mass is 314 g/mol. The predicted molar refractivity (Wildman–Crippen MR) is 77.6 cm³/mol. The Morgan fingerprint density at radius 2 is 2.17 bits per heavy atom. The zero-order chi connectivity index (χ0) is 16.3. The van der Waals surface area contributed by atoms with Crippen molar-refractivity contribution in [2.45, 2.75) is 25.6 Å². The van der Waals surface area contributed by atoms with E-state index in [-0.39, 0.29) is 30.1 Å². The molecule has 1 saturated heterocycles. The summed E-state index contributed by atoms with van der Waals surface area (Å²) in [7, 11) is 1.73. The molecule has 3 aliphatic heterocycles. The van der Waals surface area contributed by atoms with Crippen molar-refractivity contribution in [2.24, 2.45) is 0 Å². The van der Waals surface area contributed by atoms with Crippen molar-refractivity contribution in [1.29, 1.82) is 0 Å². The number of hydrogen-bond donors (Lipinski definition) is 1. The minimum absolute atomic E-state index is 0.0195. The first kappa shape index (κ1) is 13.7. The quantitative estimate of drug-likeness (QED) is 0.603. The van der Waals surface area contributed by atoms with Gasteiger partial charge in [0.1, 0.15) is 18.1 Å². The van der Waals surface area contributed by atoms with Gasteiger partial charge >= 0.3 is 5.97 Å². The average Bonchev–Trinajstić information content (AvgIpc) is 3.06. The molecule has 0 radical (unpaired) electrons. The van der Waals surface area contributed by atoms with E-state index in [1.54, 1.807) is 34.9 Å². The molecule has 0 aromatic carbocycles. The van der Waals surface area contributed by atoms with Gasteiger partial charge in [-0.15, -0.1) is 0 Å². The van der Waals surface area contributed by atoms with Crippen LogP contribution in [0.25, 0.3) is 6.08 Å². The number of hydrogen-bond acceptors (Lipinski definition) is 4. The molecule has 1 unspecified atom stereocenters. The number of β-lactam (4-membered cyclic amide) rings is 1. The lowest BCUT2D eigenvalue weighted by Crippen LogP contribution is -2.52. The van der Waals surface area contributed by atoms with E-state index in [1.165, 1.54) is 4.90 Å². The van der Waals surface area contributed by atoms with Gasteiger partial charge in [-0.05, 0) is 12.5 Å². The summed E-state index contributed by atoms with van der Waals surface area (Å²) in [5.41, 5.74) is 1.23. The highest BCUT2D eigenvalue weighted by Gasteiger charge is 2.48. The number of aromatic nitrogens is 2. The summed E-state index contributed by atoms with van der Waals surface area (Å²) < 4.78 is 1.78. The maximum atomic E-state index is 12.2. The van der Waals surface area contributed by atoms with Gasteiger partial charge in [-0.3, -0.25) is 14.5 Å². The molecule has 3 aliphatic rings. The topological polar surface area (TPSA) is 95.7 Å². The maximum Gasteiger partial charge on any atom is 0.352 e. The molecule has 4 heterocycles. The van der Waals surface area contributed by atoms with Crippen molar-refractivity contribution in [1.82, 2.24) is 19.4 Å². The molecule has 118 valence electrons. The minimum Gasteiger partial charge on any atom is -0.477 e. The van der Waals surface area contributed by atoms with E-state index >= 15 is 0 Å². The number of rotatable bonds is 2. The van der Waals surface area contributed by atoms with Crippen LogP contribution in [0.5, 0.6) is 0 Å². The Hall–Kier alpha value is -2.90. The number of amides is 2. The summed E-state index contributed by atoms with van der Waals surface area (Å²) in [5.74, 6) is -0.580. The van der Waals surface area contributed by atoms with E-state index in [0.29, 0.717) is 24.2 Å². The number of imidazole rings is 1. The van der Waals surface area contributed by atoms with Gasteiger partial charge in [-0.25, -0.2) is 9.78 Å². The van der Waals surface area contributed by atoms with Crippen molar-refractivity contribution in [2.75, 3.05) is 7.05 Å². The third-order valence-electron chi connectivity index (χ3n) is 4.44. The molecule has 1 atom stereocenters. The minimum atomic E-state index is -1.08. The van der Waals surface area contributed by atoms with Crippen LogP contribution >= 0.6 is 0 Å². The molecule has 2 amide bonds. The Bertz CT molecular complexity index is 819. The van der Waals surface area contributed by atoms with Gasteiger partial charge in [0.2, 0.25) is 5.91 Å². The number of carboxylic acids is 1. The van der Waals surface area contributed by atoms with Gasteiger partial charge in [0.05, 0.1) is 18.3 Å². The summed E-state index contributed by atoms with van der Waals surface area (Å²) in [6, 6.07) is -0.211. The zero-order valence-corrected chi connectivity index (χ0v) is 12.4. The van der Waals surface area contributed by atoms with Crippen molar-refractivity contribution in [3.8, 4) is 0 Å². The number of aliphatic carboxylic acids is 1. The van der Waals surface area contributed by atoms with Gasteiger partial charge in [-0.1, -0.05) is 6.08 Å². The lowest BCUT2D eigenvalue weighted by Gasteiger charge is -2.38. The number of carbonyl (C=O) groups excluding carboxylic acids is 2. The summed E-state index contributed by atoms with van der Waals surface area (Å²) >= 11 is 0. The van der Waals surface area contributed by atoms with Crippen LogP contribution in [-0.4, -0.2) is 55.3 Å². The molecule has 1 aromatic heterocycles. The summed E-state index contributed by atoms with van der Waals surface area (Å²) in [5, 5.41) is 9.06. The van der Waals surface area contributed by atoms with Crippen LogP contribution in [0.2, 0.25) is 0 Å². The predicted octanol–water partition coefficient (Wildman–Crippen LogP) is -0.179. The lowest BCUT2D eigenvalue weighted by atomic mass is 9.94. The van der Waals surface area contributed by atoms with Crippen molar-refractivity contribution < 1.29 is 19.5 Å². The Morgan fingerprint density at radius 3 is 2.91 bits per heavy atom. The maximum absolute atomic E-state index is 12.2. The Morgan fingerprint density at radius 1 is 1.39 bits per heavy atom. The number of nitrogens with zero attached hydrogens (tertiary/aromatic N) is 4. The second-order valence-corrected chi connectivity index (χ2v) is 5.88. The standard InChI is InChI=1S/C15H14N4O4/c1-17-6-12-16-8(5-18(12)7-13(17)20)4-9-10-2-3-11(15(22)23)19(10)14(9)21/h3-5,10H,2,6-7H2,1H3,(H,22,23). The smallest absolute Gasteiger partial charge is 0.352 e. The summed E-state index contributed by atoms with van der Waals surface area (Å²) in [4.78, 5) is 42.3. The van der Waals surface area contributed by atoms with E-state index in [1.807, 2.05) is 0 Å². The van der Waals surface area contributed by atoms with E-state index in [4.69, 9.17) is 5.11 Å². The molecule has 1 fully saturated rings. The third kappa shape index (κ3) is 1.91. The first-order valence-electron chi connectivity index (χ1n) is 7.24. The Labute approximate surface area is 131 Å². The molecule has 0 aliphatic carbocycles. The largest absolute Gasteiger partial charge is 0.477 e. The van der Waals surface area contributed by atoms with Gasteiger partial charge in [0.25, 0.3) is 5.91 Å². The van der Waals surface area contributed by atoms with Gasteiger partial charge < -0.3 is 14.6 Å². The SMILES string of the molecule is CN1Cc2nc(C=C3C(=O)N4C(C(=O)O)=CCC34)cn2CC1=O. The highest BCUT2D eigenvalue weighted by molar-refractivity contribution is 6.10. The molecule has 8 nitrogen and oxygen atoms in total. The van der Waals surface area contributed by atoms with Crippen LogP contribution in [0.1, 0.15) is 17.9 Å². The van der Waals surface area contributed by atoms with Gasteiger partial charge in [0.15, 0.2) is 0 Å². The Balaban J connectivity index is 1.59. The van der Waals surface area contributed by atoms with Gasteiger partial charge in [-0.2, -0.15) is 0 Å². The van der Waals surface area contributed by atoms with E-state index in [9.17, 15) is 14.4 Å². The molecular weight excluding hydrogens is 300 g/mol. The average molecular weight is 314 g/mol. The van der Waals surface area contributed by atoms with E-state index in [2.05, 4.69) is 4.98 Å². The van der Waals surface area contributed by atoms with E-state index < -0.39 is 5.97 Å². The molecule has 23 heavy (non-hydrogen) atoms. The fourth-order valence-corrected chi connectivity index (χ4v) is 3.21. The summed E-state index contributed by atoms with van der Waals surface area (Å²) in [6.07, 6.45) is 5.52. The molecule has 8 heteroatoms. The van der Waals surface area contributed by atoms with Crippen LogP contribution in [0.3, 0.4) is 0 Å². The molecule has 1 N–H and O–H groups in total. The number of carbonyl (C=O) groups is 3.